The quantitative estimate of drug-likeness (QED) is 0.712. The number of aryl methyl sites for hydroxylation is 2. The van der Waals surface area contributed by atoms with Crippen LogP contribution in [0.15, 0.2) is 48.6 Å². The van der Waals surface area contributed by atoms with Crippen molar-refractivity contribution in [3.63, 3.8) is 0 Å². The summed E-state index contributed by atoms with van der Waals surface area (Å²) in [7, 11) is 1.85. The van der Waals surface area contributed by atoms with Crippen molar-refractivity contribution < 1.29 is 4.79 Å². The Bertz CT molecular complexity index is 1050. The van der Waals surface area contributed by atoms with Crippen molar-refractivity contribution in [2.24, 2.45) is 7.05 Å². The summed E-state index contributed by atoms with van der Waals surface area (Å²) in [6, 6.07) is 7.64. The predicted octanol–water partition coefficient (Wildman–Crippen LogP) is 2.98. The van der Waals surface area contributed by atoms with Crippen LogP contribution in [0.3, 0.4) is 0 Å². The third kappa shape index (κ3) is 2.73. The maximum absolute atomic E-state index is 12.5. The zero-order chi connectivity index (χ0) is 18.3. The number of anilines is 2. The Morgan fingerprint density at radius 1 is 1.23 bits per heavy atom. The lowest BCUT2D eigenvalue weighted by atomic mass is 10.0. The minimum atomic E-state index is -0.150. The maximum Gasteiger partial charge on any atom is 0.258 e. The van der Waals surface area contributed by atoms with Gasteiger partial charge in [0.2, 0.25) is 0 Å². The van der Waals surface area contributed by atoms with Gasteiger partial charge in [-0.05, 0) is 32.0 Å². The second-order valence-corrected chi connectivity index (χ2v) is 6.21. The van der Waals surface area contributed by atoms with Gasteiger partial charge in [0.05, 0.1) is 23.2 Å². The van der Waals surface area contributed by atoms with Crippen molar-refractivity contribution >= 4 is 23.0 Å². The summed E-state index contributed by atoms with van der Waals surface area (Å²) in [5.74, 6) is 0.541. The van der Waals surface area contributed by atoms with Crippen molar-refractivity contribution in [1.29, 1.82) is 0 Å². The summed E-state index contributed by atoms with van der Waals surface area (Å²) in [5.41, 5.74) is 5.49. The molecule has 0 unspecified atom stereocenters. The molecule has 1 aliphatic heterocycles. The highest BCUT2D eigenvalue weighted by Crippen LogP contribution is 2.36. The molecule has 0 saturated heterocycles. The first-order chi connectivity index (χ1) is 12.5. The number of allylic oxidation sites excluding steroid dienone is 1. The first kappa shape index (κ1) is 16.0. The van der Waals surface area contributed by atoms with Crippen molar-refractivity contribution in [2.75, 3.05) is 10.6 Å². The maximum atomic E-state index is 12.5. The molecule has 3 aromatic rings. The molecule has 2 N–H and O–H groups in total. The lowest BCUT2D eigenvalue weighted by molar-refractivity contribution is -0.110. The minimum absolute atomic E-state index is 0.150. The van der Waals surface area contributed by atoms with Gasteiger partial charge in [0.15, 0.2) is 5.82 Å². The van der Waals surface area contributed by atoms with Crippen LogP contribution in [0, 0.1) is 6.92 Å². The Balaban J connectivity index is 1.78. The molecule has 0 atom stereocenters. The summed E-state index contributed by atoms with van der Waals surface area (Å²) in [5, 5.41) is 10.4. The molecule has 0 bridgehead atoms. The van der Waals surface area contributed by atoms with Crippen molar-refractivity contribution in [2.45, 2.75) is 13.8 Å². The number of nitrogens with zero attached hydrogens (tertiary/aromatic N) is 4. The third-order valence-electron chi connectivity index (χ3n) is 4.34. The van der Waals surface area contributed by atoms with Crippen molar-refractivity contribution in [3.8, 4) is 11.3 Å². The van der Waals surface area contributed by atoms with Gasteiger partial charge in [-0.2, -0.15) is 5.10 Å². The van der Waals surface area contributed by atoms with Crippen LogP contribution < -0.4 is 10.6 Å². The number of aromatic nitrogens is 4. The van der Waals surface area contributed by atoms with Crippen LogP contribution in [-0.2, 0) is 11.8 Å². The standard InChI is InChI=1S/C19H18N6O/c1-11-13(5-4-7-20-11)15-9-14-16(10-21-15)23-19(26)18(14)12(2)22-17-6-8-25(3)24-17/h4-10H,1-3H3,(H,22,24)(H,23,26)/b18-12-. The predicted molar refractivity (Wildman–Crippen MR) is 100 cm³/mol. The molecule has 7 nitrogen and oxygen atoms in total. The van der Waals surface area contributed by atoms with Crippen LogP contribution in [0.4, 0.5) is 11.5 Å². The normalized spacial score (nSPS) is 14.8. The van der Waals surface area contributed by atoms with E-state index in [9.17, 15) is 4.79 Å². The number of amides is 1. The van der Waals surface area contributed by atoms with Crippen LogP contribution in [-0.4, -0.2) is 25.7 Å². The van der Waals surface area contributed by atoms with Crippen molar-refractivity contribution in [1.82, 2.24) is 19.7 Å². The summed E-state index contributed by atoms with van der Waals surface area (Å²) in [6.07, 6.45) is 5.29. The van der Waals surface area contributed by atoms with Crippen LogP contribution in [0.25, 0.3) is 16.8 Å². The Morgan fingerprint density at radius 2 is 2.08 bits per heavy atom. The fourth-order valence-electron chi connectivity index (χ4n) is 3.08. The monoisotopic (exact) mass is 346 g/mol. The number of hydrogen-bond acceptors (Lipinski definition) is 5. The van der Waals surface area contributed by atoms with Gasteiger partial charge >= 0.3 is 0 Å². The van der Waals surface area contributed by atoms with E-state index in [4.69, 9.17) is 0 Å². The van der Waals surface area contributed by atoms with E-state index in [-0.39, 0.29) is 5.91 Å². The molecule has 1 amide bonds. The number of fused-ring (bicyclic) bond motifs is 1. The van der Waals surface area contributed by atoms with Crippen LogP contribution >= 0.6 is 0 Å². The van der Waals surface area contributed by atoms with Gasteiger partial charge in [-0.15, -0.1) is 0 Å². The molecule has 7 heteroatoms. The summed E-state index contributed by atoms with van der Waals surface area (Å²) in [6.45, 7) is 3.81. The zero-order valence-electron chi connectivity index (χ0n) is 14.7. The number of carbonyl (C=O) groups excluding carboxylic acids is 1. The van der Waals surface area contributed by atoms with Crippen LogP contribution in [0.5, 0.6) is 0 Å². The zero-order valence-corrected chi connectivity index (χ0v) is 14.7. The first-order valence-electron chi connectivity index (χ1n) is 8.24. The summed E-state index contributed by atoms with van der Waals surface area (Å²) in [4.78, 5) is 21.3. The lowest BCUT2D eigenvalue weighted by Crippen LogP contribution is -2.09. The molecule has 0 saturated carbocycles. The first-order valence-corrected chi connectivity index (χ1v) is 8.24. The molecule has 26 heavy (non-hydrogen) atoms. The SMILES string of the molecule is C/C(Nc1ccn(C)n1)=C1/C(=O)Nc2cnc(-c3cccnc3C)cc21. The number of hydrogen-bond donors (Lipinski definition) is 2. The van der Waals surface area contributed by atoms with Crippen LogP contribution in [0.2, 0.25) is 0 Å². The van der Waals surface area contributed by atoms with Gasteiger partial charge in [0, 0.05) is 48.0 Å². The number of carbonyl (C=O) groups is 1. The highest BCUT2D eigenvalue weighted by atomic mass is 16.2. The second-order valence-electron chi connectivity index (χ2n) is 6.21. The smallest absolute Gasteiger partial charge is 0.258 e. The second kappa shape index (κ2) is 6.11. The summed E-state index contributed by atoms with van der Waals surface area (Å²) < 4.78 is 1.70. The van der Waals surface area contributed by atoms with Gasteiger partial charge in [-0.25, -0.2) is 0 Å². The van der Waals surface area contributed by atoms with Gasteiger partial charge in [0.25, 0.3) is 5.91 Å². The minimum Gasteiger partial charge on any atom is -0.342 e. The Morgan fingerprint density at radius 3 is 2.81 bits per heavy atom. The Hall–Kier alpha value is -3.48. The van der Waals surface area contributed by atoms with E-state index in [2.05, 4.69) is 25.7 Å². The molecule has 4 heterocycles. The number of pyridine rings is 2. The van der Waals surface area contributed by atoms with E-state index in [0.29, 0.717) is 17.1 Å². The molecular weight excluding hydrogens is 328 g/mol. The molecule has 3 aromatic heterocycles. The Labute approximate surface area is 150 Å². The lowest BCUT2D eigenvalue weighted by Gasteiger charge is -2.09. The van der Waals surface area contributed by atoms with E-state index in [1.165, 1.54) is 0 Å². The molecule has 4 rings (SSSR count). The molecule has 1 aliphatic rings. The van der Waals surface area contributed by atoms with Crippen LogP contribution in [0.1, 0.15) is 18.2 Å². The molecule has 0 radical (unpaired) electrons. The average Bonchev–Trinajstić information content (AvgIpc) is 3.16. The van der Waals surface area contributed by atoms with Gasteiger partial charge in [-0.3, -0.25) is 19.4 Å². The number of rotatable bonds is 3. The molecule has 0 fully saturated rings. The van der Waals surface area contributed by atoms with E-state index < -0.39 is 0 Å². The van der Waals surface area contributed by atoms with E-state index in [1.807, 2.05) is 51.4 Å². The third-order valence-corrected chi connectivity index (χ3v) is 4.34. The molecular formula is C19H18N6O. The van der Waals surface area contributed by atoms with Gasteiger partial charge in [-0.1, -0.05) is 0 Å². The van der Waals surface area contributed by atoms with Crippen molar-refractivity contribution in [3.05, 3.63) is 59.8 Å². The molecule has 0 aliphatic carbocycles. The molecule has 130 valence electrons. The molecule has 0 aromatic carbocycles. The molecule has 0 spiro atoms. The van der Waals surface area contributed by atoms with E-state index >= 15 is 0 Å². The van der Waals surface area contributed by atoms with Gasteiger partial charge in [0.1, 0.15) is 0 Å². The Kier molecular flexibility index (Phi) is 3.76. The highest BCUT2D eigenvalue weighted by molar-refractivity contribution is 6.32. The summed E-state index contributed by atoms with van der Waals surface area (Å²) >= 11 is 0. The highest BCUT2D eigenvalue weighted by Gasteiger charge is 2.27. The number of nitrogens with one attached hydrogen (secondary N) is 2. The fraction of sp³-hybridized carbons (Fsp3) is 0.158. The topological polar surface area (TPSA) is 84.7 Å². The van der Waals surface area contributed by atoms with Gasteiger partial charge < -0.3 is 10.6 Å². The van der Waals surface area contributed by atoms with E-state index in [0.717, 1.165) is 28.2 Å². The largest absolute Gasteiger partial charge is 0.342 e. The average molecular weight is 346 g/mol. The fourth-order valence-corrected chi connectivity index (χ4v) is 3.08. The van der Waals surface area contributed by atoms with E-state index in [1.54, 1.807) is 17.1 Å².